The van der Waals surface area contributed by atoms with Gasteiger partial charge in [-0.05, 0) is 17.7 Å². The van der Waals surface area contributed by atoms with Crippen molar-refractivity contribution in [3.8, 4) is 5.75 Å². The van der Waals surface area contributed by atoms with Gasteiger partial charge in [0, 0.05) is 16.3 Å². The summed E-state index contributed by atoms with van der Waals surface area (Å²) in [6, 6.07) is 5.70. The number of carbonyl (C=O) groups is 2. The summed E-state index contributed by atoms with van der Waals surface area (Å²) in [5, 5.41) is 0. The summed E-state index contributed by atoms with van der Waals surface area (Å²) in [5.41, 5.74) is 0.918. The Morgan fingerprint density at radius 1 is 1.36 bits per heavy atom. The molecule has 1 aromatic carbocycles. The van der Waals surface area contributed by atoms with Gasteiger partial charge in [-0.25, -0.2) is 0 Å². The maximum Gasteiger partial charge on any atom is 0.309 e. The van der Waals surface area contributed by atoms with Gasteiger partial charge in [0.2, 0.25) is 0 Å². The van der Waals surface area contributed by atoms with Crippen LogP contribution in [0.3, 0.4) is 0 Å². The predicted molar refractivity (Wildman–Crippen MR) is 83.7 cm³/mol. The molecule has 0 bridgehead atoms. The number of carbonyl (C=O) groups excluding carboxylic acids is 2. The average Bonchev–Trinajstić information content (AvgIpc) is 2.53. The number of fused-ring (bicyclic) bond motifs is 1. The minimum absolute atomic E-state index is 0.129. The van der Waals surface area contributed by atoms with E-state index in [1.807, 2.05) is 25.1 Å². The molecule has 120 valence electrons. The molecule has 3 atom stereocenters. The first-order valence-electron chi connectivity index (χ1n) is 7.04. The Morgan fingerprint density at radius 2 is 2.09 bits per heavy atom. The van der Waals surface area contributed by atoms with E-state index in [0.29, 0.717) is 6.61 Å². The van der Waals surface area contributed by atoms with Gasteiger partial charge in [0.15, 0.2) is 0 Å². The van der Waals surface area contributed by atoms with Crippen LogP contribution in [0.25, 0.3) is 0 Å². The van der Waals surface area contributed by atoms with Crippen molar-refractivity contribution >= 4 is 27.9 Å². The van der Waals surface area contributed by atoms with Crippen LogP contribution >= 0.6 is 15.9 Å². The van der Waals surface area contributed by atoms with E-state index in [-0.39, 0.29) is 36.1 Å². The lowest BCUT2D eigenvalue weighted by Gasteiger charge is -2.35. The monoisotopic (exact) mass is 370 g/mol. The fourth-order valence-corrected chi connectivity index (χ4v) is 3.30. The lowest BCUT2D eigenvalue weighted by Crippen LogP contribution is -2.35. The van der Waals surface area contributed by atoms with Gasteiger partial charge >= 0.3 is 11.9 Å². The zero-order valence-corrected chi connectivity index (χ0v) is 14.4. The highest BCUT2D eigenvalue weighted by atomic mass is 79.9. The summed E-state index contributed by atoms with van der Waals surface area (Å²) >= 11 is 3.41. The largest absolute Gasteiger partial charge is 0.493 e. The maximum atomic E-state index is 12.0. The third-order valence-corrected chi connectivity index (χ3v) is 4.56. The summed E-state index contributed by atoms with van der Waals surface area (Å²) < 4.78 is 16.3. The van der Waals surface area contributed by atoms with Crippen LogP contribution in [0.15, 0.2) is 22.7 Å². The van der Waals surface area contributed by atoms with Gasteiger partial charge in [-0.15, -0.1) is 0 Å². The van der Waals surface area contributed by atoms with E-state index >= 15 is 0 Å². The summed E-state index contributed by atoms with van der Waals surface area (Å²) in [6.07, 6.45) is 0.206. The zero-order chi connectivity index (χ0) is 16.3. The molecule has 22 heavy (non-hydrogen) atoms. The van der Waals surface area contributed by atoms with E-state index in [0.717, 1.165) is 15.8 Å². The molecule has 1 aliphatic heterocycles. The SMILES string of the molecule is COC(=O)CC1COc2cc(Br)ccc2C1C(C)C(=O)OC. The minimum atomic E-state index is -0.372. The third kappa shape index (κ3) is 3.43. The van der Waals surface area contributed by atoms with E-state index < -0.39 is 0 Å². The Labute approximate surface area is 138 Å². The molecule has 0 amide bonds. The van der Waals surface area contributed by atoms with E-state index in [2.05, 4.69) is 15.9 Å². The molecule has 1 aliphatic rings. The summed E-state index contributed by atoms with van der Waals surface area (Å²) in [5.74, 6) is -0.523. The van der Waals surface area contributed by atoms with Gasteiger partial charge in [0.05, 0.1) is 33.2 Å². The molecule has 0 aliphatic carbocycles. The number of halogens is 1. The van der Waals surface area contributed by atoms with Crippen LogP contribution in [0.2, 0.25) is 0 Å². The number of hydrogen-bond donors (Lipinski definition) is 0. The summed E-state index contributed by atoms with van der Waals surface area (Å²) in [6.45, 7) is 2.18. The predicted octanol–water partition coefficient (Wildman–Crippen LogP) is 2.91. The molecule has 1 aromatic rings. The molecule has 0 radical (unpaired) electrons. The van der Waals surface area contributed by atoms with Crippen LogP contribution in [-0.4, -0.2) is 32.8 Å². The molecule has 2 rings (SSSR count). The molecule has 1 heterocycles. The van der Waals surface area contributed by atoms with Crippen molar-refractivity contribution in [1.82, 2.24) is 0 Å². The lowest BCUT2D eigenvalue weighted by molar-refractivity contribution is -0.148. The summed E-state index contributed by atoms with van der Waals surface area (Å²) in [7, 11) is 2.73. The number of ether oxygens (including phenoxy) is 3. The number of rotatable bonds is 4. The van der Waals surface area contributed by atoms with E-state index in [9.17, 15) is 9.59 Å². The second-order valence-electron chi connectivity index (χ2n) is 5.37. The molecule has 0 spiro atoms. The third-order valence-electron chi connectivity index (χ3n) is 4.06. The molecule has 5 nitrogen and oxygen atoms in total. The van der Waals surface area contributed by atoms with Gasteiger partial charge in [0.1, 0.15) is 5.75 Å². The van der Waals surface area contributed by atoms with Crippen LogP contribution in [0.5, 0.6) is 5.75 Å². The first-order valence-corrected chi connectivity index (χ1v) is 7.84. The van der Waals surface area contributed by atoms with Gasteiger partial charge in [0.25, 0.3) is 0 Å². The Hall–Kier alpha value is -1.56. The van der Waals surface area contributed by atoms with Crippen LogP contribution in [-0.2, 0) is 19.1 Å². The summed E-state index contributed by atoms with van der Waals surface area (Å²) in [4.78, 5) is 23.7. The van der Waals surface area contributed by atoms with E-state index in [1.165, 1.54) is 14.2 Å². The van der Waals surface area contributed by atoms with Crippen molar-refractivity contribution in [2.45, 2.75) is 19.3 Å². The molecule has 3 unspecified atom stereocenters. The molecule has 0 saturated heterocycles. The first-order chi connectivity index (χ1) is 10.5. The zero-order valence-electron chi connectivity index (χ0n) is 12.8. The van der Waals surface area contributed by atoms with Crippen molar-refractivity contribution in [3.05, 3.63) is 28.2 Å². The van der Waals surface area contributed by atoms with Crippen molar-refractivity contribution < 1.29 is 23.8 Å². The highest BCUT2D eigenvalue weighted by Gasteiger charge is 2.39. The van der Waals surface area contributed by atoms with Crippen LogP contribution in [0.1, 0.15) is 24.8 Å². The Kier molecular flexibility index (Phi) is 5.45. The number of benzene rings is 1. The van der Waals surface area contributed by atoms with Crippen LogP contribution < -0.4 is 4.74 Å². The molecule has 0 fully saturated rings. The number of hydrogen-bond acceptors (Lipinski definition) is 5. The average molecular weight is 371 g/mol. The molecule has 0 saturated carbocycles. The Bertz CT molecular complexity index is 572. The standard InChI is InChI=1S/C16H19BrO5/c1-9(16(19)21-3)15-10(6-14(18)20-2)8-22-13-7-11(17)4-5-12(13)15/h4-5,7,9-10,15H,6,8H2,1-3H3. The lowest BCUT2D eigenvalue weighted by atomic mass is 9.75. The quantitative estimate of drug-likeness (QED) is 0.762. The molecule has 0 aromatic heterocycles. The molecule has 6 heteroatoms. The normalized spacial score (nSPS) is 21.3. The van der Waals surface area contributed by atoms with Gasteiger partial charge < -0.3 is 14.2 Å². The second kappa shape index (κ2) is 7.13. The van der Waals surface area contributed by atoms with Crippen molar-refractivity contribution in [3.63, 3.8) is 0 Å². The second-order valence-corrected chi connectivity index (χ2v) is 6.29. The molecular weight excluding hydrogens is 352 g/mol. The van der Waals surface area contributed by atoms with Crippen molar-refractivity contribution in [2.75, 3.05) is 20.8 Å². The van der Waals surface area contributed by atoms with Crippen LogP contribution in [0.4, 0.5) is 0 Å². The Morgan fingerprint density at radius 3 is 2.73 bits per heavy atom. The number of methoxy groups -OCH3 is 2. The van der Waals surface area contributed by atoms with E-state index in [1.54, 1.807) is 0 Å². The topological polar surface area (TPSA) is 61.8 Å². The highest BCUT2D eigenvalue weighted by molar-refractivity contribution is 9.10. The smallest absolute Gasteiger partial charge is 0.309 e. The fraction of sp³-hybridized carbons (Fsp3) is 0.500. The number of esters is 2. The van der Waals surface area contributed by atoms with Gasteiger partial charge in [-0.2, -0.15) is 0 Å². The van der Waals surface area contributed by atoms with Gasteiger partial charge in [-0.1, -0.05) is 28.9 Å². The van der Waals surface area contributed by atoms with E-state index in [4.69, 9.17) is 14.2 Å². The van der Waals surface area contributed by atoms with Crippen LogP contribution in [0, 0.1) is 11.8 Å². The van der Waals surface area contributed by atoms with Crippen molar-refractivity contribution in [2.24, 2.45) is 11.8 Å². The Balaban J connectivity index is 2.38. The molecular formula is C16H19BrO5. The van der Waals surface area contributed by atoms with Crippen molar-refractivity contribution in [1.29, 1.82) is 0 Å². The molecule has 0 N–H and O–H groups in total. The highest BCUT2D eigenvalue weighted by Crippen LogP contribution is 2.44. The first kappa shape index (κ1) is 16.8. The minimum Gasteiger partial charge on any atom is -0.493 e. The fourth-order valence-electron chi connectivity index (χ4n) is 2.96. The maximum absolute atomic E-state index is 12.0. The van der Waals surface area contributed by atoms with Gasteiger partial charge in [-0.3, -0.25) is 9.59 Å².